The third-order valence-electron chi connectivity index (χ3n) is 4.75. The summed E-state index contributed by atoms with van der Waals surface area (Å²) in [6, 6.07) is 11.6. The zero-order valence-corrected chi connectivity index (χ0v) is 18.1. The lowest BCUT2D eigenvalue weighted by Gasteiger charge is -2.07. The number of nitrogens with zero attached hydrogens (tertiary/aromatic N) is 3. The number of fused-ring (bicyclic) bond motifs is 1. The van der Waals surface area contributed by atoms with Crippen LogP contribution in [0.15, 0.2) is 59.8 Å². The lowest BCUT2D eigenvalue weighted by molar-refractivity contribution is -0.116. The van der Waals surface area contributed by atoms with E-state index in [4.69, 9.17) is 0 Å². The van der Waals surface area contributed by atoms with Crippen LogP contribution in [0.1, 0.15) is 43.9 Å². The maximum atomic E-state index is 12.7. The lowest BCUT2D eigenvalue weighted by Crippen LogP contribution is -2.23. The molecule has 7 heteroatoms. The molecule has 3 rings (SSSR count). The van der Waals surface area contributed by atoms with E-state index in [1.807, 2.05) is 36.4 Å². The molecular weight excluding hydrogens is 400 g/mol. The van der Waals surface area contributed by atoms with Crippen LogP contribution in [0, 0.1) is 0 Å². The Hall–Kier alpha value is -2.99. The average Bonchev–Trinajstić information content (AvgIpc) is 2.73. The summed E-state index contributed by atoms with van der Waals surface area (Å²) in [6.45, 7) is 4.74. The molecule has 30 heavy (non-hydrogen) atoms. The molecule has 1 N–H and O–H groups in total. The van der Waals surface area contributed by atoms with E-state index in [2.05, 4.69) is 29.1 Å². The van der Waals surface area contributed by atoms with Gasteiger partial charge in [-0.1, -0.05) is 26.0 Å². The SMILES string of the molecule is CC(C)c1ccc2ncn(C=CC(=O)NCCCCc3ccccn3)c(=O)c2c1.Cl. The first-order chi connectivity index (χ1) is 14.0. The molecule has 2 aromatic heterocycles. The fourth-order valence-corrected chi connectivity index (χ4v) is 3.01. The van der Waals surface area contributed by atoms with Crippen molar-refractivity contribution in [3.63, 3.8) is 0 Å². The van der Waals surface area contributed by atoms with Crippen LogP contribution >= 0.6 is 12.4 Å². The van der Waals surface area contributed by atoms with Gasteiger partial charge in [0, 0.05) is 30.7 Å². The summed E-state index contributed by atoms with van der Waals surface area (Å²) in [4.78, 5) is 33.3. The standard InChI is InChI=1S/C23H26N4O2.ClH/c1-17(2)18-9-10-21-20(15-18)23(29)27(16-26-21)14-11-22(28)25-13-6-4-8-19-7-3-5-12-24-19;/h3,5,7,9-12,14-17H,4,6,8,13H2,1-2H3,(H,25,28);1H. The minimum absolute atomic E-state index is 0. The molecule has 0 aliphatic heterocycles. The van der Waals surface area contributed by atoms with Gasteiger partial charge in [-0.15, -0.1) is 12.4 Å². The highest BCUT2D eigenvalue weighted by Crippen LogP contribution is 2.17. The Kier molecular flexibility index (Phi) is 8.74. The highest BCUT2D eigenvalue weighted by molar-refractivity contribution is 5.90. The summed E-state index contributed by atoms with van der Waals surface area (Å²) in [5.74, 6) is 0.0946. The predicted molar refractivity (Wildman–Crippen MR) is 123 cm³/mol. The number of hydrogen-bond acceptors (Lipinski definition) is 4. The number of aromatic nitrogens is 3. The number of benzene rings is 1. The summed E-state index contributed by atoms with van der Waals surface area (Å²) in [6.07, 6.45) is 8.76. The minimum atomic E-state index is -0.231. The summed E-state index contributed by atoms with van der Waals surface area (Å²) in [7, 11) is 0. The van der Waals surface area contributed by atoms with Gasteiger partial charge in [0.25, 0.3) is 5.56 Å². The van der Waals surface area contributed by atoms with E-state index >= 15 is 0 Å². The number of rotatable bonds is 8. The average molecular weight is 427 g/mol. The summed E-state index contributed by atoms with van der Waals surface area (Å²) in [5.41, 5.74) is 2.61. The van der Waals surface area contributed by atoms with Gasteiger partial charge in [0.15, 0.2) is 0 Å². The van der Waals surface area contributed by atoms with Crippen molar-refractivity contribution in [1.82, 2.24) is 19.9 Å². The van der Waals surface area contributed by atoms with Crippen LogP contribution in [0.5, 0.6) is 0 Å². The number of amides is 1. The zero-order valence-electron chi connectivity index (χ0n) is 17.2. The number of pyridine rings is 1. The normalized spacial score (nSPS) is 11.0. The van der Waals surface area contributed by atoms with E-state index in [-0.39, 0.29) is 23.9 Å². The Morgan fingerprint density at radius 2 is 2.00 bits per heavy atom. The molecule has 0 aliphatic rings. The van der Waals surface area contributed by atoms with Crippen LogP contribution in [-0.4, -0.2) is 27.0 Å². The van der Waals surface area contributed by atoms with Gasteiger partial charge in [0.2, 0.25) is 5.91 Å². The van der Waals surface area contributed by atoms with Gasteiger partial charge >= 0.3 is 0 Å². The molecule has 3 aromatic rings. The van der Waals surface area contributed by atoms with Crippen molar-refractivity contribution in [2.75, 3.05) is 6.54 Å². The second kappa shape index (κ2) is 11.3. The van der Waals surface area contributed by atoms with E-state index in [0.29, 0.717) is 23.4 Å². The Labute approximate surface area is 182 Å². The molecule has 0 fully saturated rings. The van der Waals surface area contributed by atoms with Crippen molar-refractivity contribution in [1.29, 1.82) is 0 Å². The summed E-state index contributed by atoms with van der Waals surface area (Å²) < 4.78 is 1.34. The van der Waals surface area contributed by atoms with Gasteiger partial charge in [-0.2, -0.15) is 0 Å². The number of carbonyl (C=O) groups excluding carboxylic acids is 1. The van der Waals surface area contributed by atoms with Crippen LogP contribution in [0.3, 0.4) is 0 Å². The smallest absolute Gasteiger partial charge is 0.265 e. The van der Waals surface area contributed by atoms with Crippen LogP contribution in [0.2, 0.25) is 0 Å². The third-order valence-corrected chi connectivity index (χ3v) is 4.75. The molecule has 158 valence electrons. The Bertz CT molecular complexity index is 1060. The van der Waals surface area contributed by atoms with Crippen molar-refractivity contribution >= 4 is 35.4 Å². The van der Waals surface area contributed by atoms with E-state index in [9.17, 15) is 9.59 Å². The number of hydrogen-bond donors (Lipinski definition) is 1. The molecule has 0 unspecified atom stereocenters. The molecule has 6 nitrogen and oxygen atoms in total. The molecular formula is C23H27ClN4O2. The largest absolute Gasteiger partial charge is 0.353 e. The molecule has 1 aromatic carbocycles. The Morgan fingerprint density at radius 1 is 1.17 bits per heavy atom. The van der Waals surface area contributed by atoms with E-state index in [0.717, 1.165) is 30.5 Å². The summed E-state index contributed by atoms with van der Waals surface area (Å²) >= 11 is 0. The van der Waals surface area contributed by atoms with Gasteiger partial charge in [-0.3, -0.25) is 19.1 Å². The lowest BCUT2D eigenvalue weighted by atomic mass is 10.0. The zero-order chi connectivity index (χ0) is 20.6. The van der Waals surface area contributed by atoms with Crippen molar-refractivity contribution in [2.24, 2.45) is 0 Å². The molecule has 0 atom stereocenters. The Balaban J connectivity index is 0.00000320. The first-order valence-electron chi connectivity index (χ1n) is 9.91. The van der Waals surface area contributed by atoms with E-state index in [1.165, 1.54) is 23.2 Å². The fraction of sp³-hybridized carbons (Fsp3) is 0.304. The van der Waals surface area contributed by atoms with Gasteiger partial charge in [0.1, 0.15) is 6.33 Å². The van der Waals surface area contributed by atoms with Crippen LogP contribution in [-0.2, 0) is 11.2 Å². The third kappa shape index (κ3) is 6.26. The Morgan fingerprint density at radius 3 is 2.73 bits per heavy atom. The molecule has 0 radical (unpaired) electrons. The van der Waals surface area contributed by atoms with E-state index in [1.54, 1.807) is 6.20 Å². The monoisotopic (exact) mass is 426 g/mol. The first kappa shape index (κ1) is 23.3. The van der Waals surface area contributed by atoms with Gasteiger partial charge in [-0.25, -0.2) is 4.98 Å². The van der Waals surface area contributed by atoms with Crippen molar-refractivity contribution < 1.29 is 4.79 Å². The van der Waals surface area contributed by atoms with Gasteiger partial charge < -0.3 is 5.32 Å². The second-order valence-corrected chi connectivity index (χ2v) is 7.27. The number of nitrogens with one attached hydrogen (secondary N) is 1. The van der Waals surface area contributed by atoms with Crippen molar-refractivity contribution in [3.8, 4) is 0 Å². The van der Waals surface area contributed by atoms with Crippen LogP contribution < -0.4 is 10.9 Å². The molecule has 0 bridgehead atoms. The molecule has 0 saturated heterocycles. The maximum Gasteiger partial charge on any atom is 0.265 e. The molecule has 0 spiro atoms. The highest BCUT2D eigenvalue weighted by atomic mass is 35.5. The summed E-state index contributed by atoms with van der Waals surface area (Å²) in [5, 5.41) is 3.39. The molecule has 1 amide bonds. The second-order valence-electron chi connectivity index (χ2n) is 7.27. The fourth-order valence-electron chi connectivity index (χ4n) is 3.01. The number of carbonyl (C=O) groups is 1. The molecule has 2 heterocycles. The molecule has 0 saturated carbocycles. The van der Waals surface area contributed by atoms with E-state index < -0.39 is 0 Å². The predicted octanol–water partition coefficient (Wildman–Crippen LogP) is 3.95. The quantitative estimate of drug-likeness (QED) is 0.437. The topological polar surface area (TPSA) is 76.9 Å². The number of unbranched alkanes of at least 4 members (excludes halogenated alkanes) is 1. The highest BCUT2D eigenvalue weighted by Gasteiger charge is 2.06. The maximum absolute atomic E-state index is 12.7. The van der Waals surface area contributed by atoms with Crippen molar-refractivity contribution in [3.05, 3.63) is 76.6 Å². The van der Waals surface area contributed by atoms with Crippen molar-refractivity contribution in [2.45, 2.75) is 39.0 Å². The van der Waals surface area contributed by atoms with Gasteiger partial charge in [-0.05, 0) is 55.0 Å². The molecule has 0 aliphatic carbocycles. The van der Waals surface area contributed by atoms with Crippen LogP contribution in [0.25, 0.3) is 17.1 Å². The first-order valence-corrected chi connectivity index (χ1v) is 9.91. The number of aryl methyl sites for hydroxylation is 1. The van der Waals surface area contributed by atoms with Crippen LogP contribution in [0.4, 0.5) is 0 Å². The number of halogens is 1. The van der Waals surface area contributed by atoms with Gasteiger partial charge in [0.05, 0.1) is 10.9 Å². The minimum Gasteiger partial charge on any atom is -0.353 e.